The summed E-state index contributed by atoms with van der Waals surface area (Å²) in [4.78, 5) is 15.6. The van der Waals surface area contributed by atoms with Gasteiger partial charge in [-0.25, -0.2) is 4.98 Å². The second kappa shape index (κ2) is 4.66. The third-order valence-electron chi connectivity index (χ3n) is 2.56. The van der Waals surface area contributed by atoms with E-state index in [0.717, 1.165) is 11.1 Å². The molecule has 0 saturated carbocycles. The number of pyridine rings is 2. The Bertz CT molecular complexity index is 741. The average molecular weight is 248 g/mol. The van der Waals surface area contributed by atoms with Crippen LogP contribution in [-0.4, -0.2) is 25.1 Å². The number of aromatic nitrogens is 5. The maximum Gasteiger partial charge on any atom is 0.270 e. The van der Waals surface area contributed by atoms with Gasteiger partial charge >= 0.3 is 0 Å². The van der Waals surface area contributed by atoms with Gasteiger partial charge in [0, 0.05) is 23.5 Å². The summed E-state index contributed by atoms with van der Waals surface area (Å²) in [7, 11) is 0. The van der Waals surface area contributed by atoms with Gasteiger partial charge in [0.1, 0.15) is 6.20 Å². The smallest absolute Gasteiger partial charge is 0.270 e. The lowest BCUT2D eigenvalue weighted by atomic mass is 10.2. The third-order valence-corrected chi connectivity index (χ3v) is 2.56. The zero-order valence-corrected chi connectivity index (χ0v) is 9.78. The van der Waals surface area contributed by atoms with Crippen molar-refractivity contribution in [3.63, 3.8) is 0 Å². The molecule has 1 N–H and O–H groups in total. The van der Waals surface area contributed by atoms with Crippen LogP contribution in [0.1, 0.15) is 0 Å². The summed E-state index contributed by atoms with van der Waals surface area (Å²) in [6, 6.07) is 7.13. The molecule has 3 aromatic heterocycles. The van der Waals surface area contributed by atoms with E-state index in [-0.39, 0.29) is 0 Å². The first kappa shape index (κ1) is 11.0. The Morgan fingerprint density at radius 3 is 2.63 bits per heavy atom. The monoisotopic (exact) mass is 248 g/mol. The van der Waals surface area contributed by atoms with Crippen LogP contribution in [0.4, 0.5) is 5.82 Å². The molecule has 0 unspecified atom stereocenters. The molecule has 0 aliphatic rings. The van der Waals surface area contributed by atoms with Crippen molar-refractivity contribution in [1.82, 2.24) is 25.1 Å². The van der Waals surface area contributed by atoms with Gasteiger partial charge in [-0.1, -0.05) is 6.57 Å². The molecular formula is C13H8N6. The van der Waals surface area contributed by atoms with Gasteiger partial charge in [-0.3, -0.25) is 10.1 Å². The molecule has 90 valence electrons. The highest BCUT2D eigenvalue weighted by Crippen LogP contribution is 2.21. The number of nitrogens with zero attached hydrogens (tertiary/aromatic N) is 5. The van der Waals surface area contributed by atoms with Gasteiger partial charge in [-0.15, -0.1) is 4.98 Å². The molecule has 0 atom stereocenters. The van der Waals surface area contributed by atoms with E-state index in [9.17, 15) is 0 Å². The summed E-state index contributed by atoms with van der Waals surface area (Å²) in [6.07, 6.45) is 4.97. The Kier molecular flexibility index (Phi) is 2.71. The molecule has 0 saturated heterocycles. The van der Waals surface area contributed by atoms with E-state index >= 15 is 0 Å². The largest absolute Gasteiger partial charge is 0.361 e. The minimum absolute atomic E-state index is 0.327. The molecule has 0 aliphatic heterocycles. The van der Waals surface area contributed by atoms with E-state index in [1.165, 1.54) is 0 Å². The summed E-state index contributed by atoms with van der Waals surface area (Å²) in [5, 5.41) is 7.02. The van der Waals surface area contributed by atoms with E-state index in [0.29, 0.717) is 17.5 Å². The fraction of sp³-hybridized carbons (Fsp3) is 0. The van der Waals surface area contributed by atoms with Crippen molar-refractivity contribution in [3.8, 4) is 22.8 Å². The fourth-order valence-corrected chi connectivity index (χ4v) is 1.65. The Labute approximate surface area is 109 Å². The predicted octanol–water partition coefficient (Wildman–Crippen LogP) is 2.48. The van der Waals surface area contributed by atoms with Crippen LogP contribution in [0.2, 0.25) is 0 Å². The first-order valence-corrected chi connectivity index (χ1v) is 5.53. The second-order valence-electron chi connectivity index (χ2n) is 3.76. The van der Waals surface area contributed by atoms with Gasteiger partial charge in [-0.05, 0) is 24.3 Å². The van der Waals surface area contributed by atoms with E-state index in [1.54, 1.807) is 30.7 Å². The van der Waals surface area contributed by atoms with Crippen LogP contribution in [0, 0.1) is 6.57 Å². The fourth-order valence-electron chi connectivity index (χ4n) is 1.65. The topological polar surface area (TPSA) is 71.7 Å². The minimum atomic E-state index is 0.327. The van der Waals surface area contributed by atoms with Crippen LogP contribution < -0.4 is 0 Å². The summed E-state index contributed by atoms with van der Waals surface area (Å²) < 4.78 is 0. The molecule has 0 amide bonds. The molecule has 3 heterocycles. The van der Waals surface area contributed by atoms with E-state index in [1.807, 2.05) is 12.1 Å². The highest BCUT2D eigenvalue weighted by atomic mass is 15.2. The molecule has 0 fully saturated rings. The number of aromatic amines is 1. The quantitative estimate of drug-likeness (QED) is 0.707. The van der Waals surface area contributed by atoms with Crippen LogP contribution in [0.3, 0.4) is 0 Å². The SMILES string of the molecule is [C-]#[N+]c1cc(-c2n[nH]c(-c3ccncc3)n2)ccn1. The Morgan fingerprint density at radius 1 is 1.05 bits per heavy atom. The minimum Gasteiger partial charge on any atom is -0.361 e. The number of H-pyrrole nitrogens is 1. The standard InChI is InChI=1S/C13H8N6/c1-14-11-8-10(4-7-16-11)13-17-12(18-19-13)9-2-5-15-6-3-9/h2-8H,(H,17,18,19). The highest BCUT2D eigenvalue weighted by Gasteiger charge is 2.08. The molecule has 0 aromatic carbocycles. The second-order valence-corrected chi connectivity index (χ2v) is 3.76. The molecule has 6 nitrogen and oxygen atoms in total. The first-order valence-electron chi connectivity index (χ1n) is 5.53. The van der Waals surface area contributed by atoms with Crippen LogP contribution >= 0.6 is 0 Å². The van der Waals surface area contributed by atoms with Crippen molar-refractivity contribution in [2.24, 2.45) is 0 Å². The molecule has 3 rings (SSSR count). The lowest BCUT2D eigenvalue weighted by Crippen LogP contribution is -1.82. The summed E-state index contributed by atoms with van der Waals surface area (Å²) >= 11 is 0. The third kappa shape index (κ3) is 2.17. The van der Waals surface area contributed by atoms with Gasteiger partial charge in [0.05, 0.1) is 0 Å². The molecule has 3 aromatic rings. The first-order chi connectivity index (χ1) is 9.36. The van der Waals surface area contributed by atoms with Gasteiger partial charge in [0.2, 0.25) is 0 Å². The lowest BCUT2D eigenvalue weighted by Gasteiger charge is -1.94. The Morgan fingerprint density at radius 2 is 1.84 bits per heavy atom. The van der Waals surface area contributed by atoms with Gasteiger partial charge in [0.25, 0.3) is 5.82 Å². The highest BCUT2D eigenvalue weighted by molar-refractivity contribution is 5.63. The predicted molar refractivity (Wildman–Crippen MR) is 69.1 cm³/mol. The lowest BCUT2D eigenvalue weighted by molar-refractivity contribution is 1.10. The molecule has 0 bridgehead atoms. The summed E-state index contributed by atoms with van der Waals surface area (Å²) in [6.45, 7) is 6.95. The number of hydrogen-bond acceptors (Lipinski definition) is 4. The molecule has 6 heteroatoms. The zero-order chi connectivity index (χ0) is 13.1. The van der Waals surface area contributed by atoms with Gasteiger partial charge < -0.3 is 4.85 Å². The number of hydrogen-bond donors (Lipinski definition) is 1. The molecule has 19 heavy (non-hydrogen) atoms. The zero-order valence-electron chi connectivity index (χ0n) is 9.78. The van der Waals surface area contributed by atoms with E-state index < -0.39 is 0 Å². The van der Waals surface area contributed by atoms with Crippen LogP contribution in [-0.2, 0) is 0 Å². The van der Waals surface area contributed by atoms with Crippen LogP contribution in [0.15, 0.2) is 42.9 Å². The van der Waals surface area contributed by atoms with E-state index in [4.69, 9.17) is 6.57 Å². The Balaban J connectivity index is 2.00. The van der Waals surface area contributed by atoms with Crippen molar-refractivity contribution in [1.29, 1.82) is 0 Å². The van der Waals surface area contributed by atoms with Crippen molar-refractivity contribution in [3.05, 3.63) is 54.3 Å². The molecule has 0 radical (unpaired) electrons. The van der Waals surface area contributed by atoms with Gasteiger partial charge in [-0.2, -0.15) is 5.10 Å². The van der Waals surface area contributed by atoms with Crippen molar-refractivity contribution < 1.29 is 0 Å². The maximum atomic E-state index is 6.95. The van der Waals surface area contributed by atoms with Crippen LogP contribution in [0.5, 0.6) is 0 Å². The van der Waals surface area contributed by atoms with Crippen molar-refractivity contribution >= 4 is 5.82 Å². The van der Waals surface area contributed by atoms with E-state index in [2.05, 4.69) is 30.0 Å². The summed E-state index contributed by atoms with van der Waals surface area (Å²) in [5.41, 5.74) is 1.67. The Hall–Kier alpha value is -3.07. The molecule has 0 aliphatic carbocycles. The number of nitrogens with one attached hydrogen (secondary N) is 1. The summed E-state index contributed by atoms with van der Waals surface area (Å²) in [5.74, 6) is 1.53. The molecular weight excluding hydrogens is 240 g/mol. The van der Waals surface area contributed by atoms with Crippen molar-refractivity contribution in [2.75, 3.05) is 0 Å². The van der Waals surface area contributed by atoms with Crippen LogP contribution in [0.25, 0.3) is 27.6 Å². The normalized spacial score (nSPS) is 10.1. The average Bonchev–Trinajstić information content (AvgIpc) is 2.98. The maximum absolute atomic E-state index is 6.95. The molecule has 0 spiro atoms. The van der Waals surface area contributed by atoms with Gasteiger partial charge in [0.15, 0.2) is 11.6 Å². The number of rotatable bonds is 2. The van der Waals surface area contributed by atoms with Crippen molar-refractivity contribution in [2.45, 2.75) is 0 Å².